The van der Waals surface area contributed by atoms with Crippen molar-refractivity contribution in [1.29, 1.82) is 0 Å². The van der Waals surface area contributed by atoms with Crippen molar-refractivity contribution >= 4 is 44.3 Å². The fourth-order valence-electron chi connectivity index (χ4n) is 4.43. The predicted molar refractivity (Wildman–Crippen MR) is 155 cm³/mol. The summed E-state index contributed by atoms with van der Waals surface area (Å²) in [5, 5.41) is 10.4. The van der Waals surface area contributed by atoms with Crippen LogP contribution in [0.5, 0.6) is 0 Å². The number of pyridine rings is 2. The van der Waals surface area contributed by atoms with Gasteiger partial charge in [-0.25, -0.2) is 4.98 Å². The van der Waals surface area contributed by atoms with E-state index in [-0.39, 0.29) is 28.9 Å². The summed E-state index contributed by atoms with van der Waals surface area (Å²) in [6.45, 7) is 4.07. The SMILES string of the molecule is Cc1nn(Cc2ccc(C(=O)NCc3ccccc3)cn2)c(C)c1NC(=O)c1cc(C(F)(F)F)nc2ccc(Br)cc12. The normalized spacial score (nSPS) is 11.5. The number of aryl methyl sites for hydroxylation is 1. The van der Waals surface area contributed by atoms with Gasteiger partial charge in [0, 0.05) is 22.6 Å². The fourth-order valence-corrected chi connectivity index (χ4v) is 4.79. The van der Waals surface area contributed by atoms with Crippen molar-refractivity contribution in [2.24, 2.45) is 0 Å². The summed E-state index contributed by atoms with van der Waals surface area (Å²) in [5.74, 6) is -0.973. The molecule has 3 heterocycles. The first-order valence-corrected chi connectivity index (χ1v) is 13.6. The third kappa shape index (κ3) is 6.33. The third-order valence-corrected chi connectivity index (χ3v) is 7.11. The second kappa shape index (κ2) is 11.7. The van der Waals surface area contributed by atoms with E-state index in [1.54, 1.807) is 42.8 Å². The number of nitrogens with zero attached hydrogens (tertiary/aromatic N) is 4. The fraction of sp³-hybridized carbons (Fsp3) is 0.167. The Hall–Kier alpha value is -4.58. The van der Waals surface area contributed by atoms with Crippen LogP contribution in [0.25, 0.3) is 10.9 Å². The molecule has 0 bridgehead atoms. The lowest BCUT2D eigenvalue weighted by atomic mass is 10.1. The van der Waals surface area contributed by atoms with Crippen molar-refractivity contribution < 1.29 is 22.8 Å². The first-order chi connectivity index (χ1) is 20.0. The number of benzene rings is 2. The molecule has 3 aromatic heterocycles. The summed E-state index contributed by atoms with van der Waals surface area (Å²) in [7, 11) is 0. The Bertz CT molecular complexity index is 1790. The predicted octanol–water partition coefficient (Wildman–Crippen LogP) is 6.46. The van der Waals surface area contributed by atoms with Crippen LogP contribution in [0.1, 0.15) is 49.1 Å². The molecule has 0 aliphatic carbocycles. The molecule has 0 aliphatic heterocycles. The highest BCUT2D eigenvalue weighted by molar-refractivity contribution is 9.10. The highest BCUT2D eigenvalue weighted by atomic mass is 79.9. The molecule has 0 unspecified atom stereocenters. The highest BCUT2D eigenvalue weighted by Crippen LogP contribution is 2.32. The molecule has 5 rings (SSSR count). The summed E-state index contributed by atoms with van der Waals surface area (Å²) in [4.78, 5) is 33.9. The average Bonchev–Trinajstić information content (AvgIpc) is 3.22. The molecule has 0 saturated heterocycles. The zero-order valence-corrected chi connectivity index (χ0v) is 24.0. The van der Waals surface area contributed by atoms with Gasteiger partial charge < -0.3 is 10.6 Å². The number of rotatable bonds is 7. The maximum atomic E-state index is 13.5. The maximum absolute atomic E-state index is 13.5. The van der Waals surface area contributed by atoms with E-state index in [1.807, 2.05) is 30.3 Å². The molecule has 0 spiro atoms. The number of carbonyl (C=O) groups excluding carboxylic acids is 2. The number of hydrogen-bond acceptors (Lipinski definition) is 5. The molecule has 0 aliphatic rings. The van der Waals surface area contributed by atoms with Crippen LogP contribution < -0.4 is 10.6 Å². The van der Waals surface area contributed by atoms with Crippen LogP contribution in [-0.2, 0) is 19.3 Å². The molecule has 2 aromatic carbocycles. The van der Waals surface area contributed by atoms with Crippen LogP contribution >= 0.6 is 15.9 Å². The molecule has 0 radical (unpaired) electrons. The Labute approximate surface area is 247 Å². The highest BCUT2D eigenvalue weighted by Gasteiger charge is 2.34. The topological polar surface area (TPSA) is 102 Å². The second-order valence-electron chi connectivity index (χ2n) is 9.58. The largest absolute Gasteiger partial charge is 0.433 e. The van der Waals surface area contributed by atoms with Gasteiger partial charge in [-0.15, -0.1) is 0 Å². The molecule has 5 aromatic rings. The van der Waals surface area contributed by atoms with E-state index in [0.29, 0.717) is 39.4 Å². The van der Waals surface area contributed by atoms with E-state index in [9.17, 15) is 22.8 Å². The number of halogens is 4. The monoisotopic (exact) mass is 636 g/mol. The minimum absolute atomic E-state index is 0.0468. The number of aromatic nitrogens is 4. The maximum Gasteiger partial charge on any atom is 0.433 e. The lowest BCUT2D eigenvalue weighted by molar-refractivity contribution is -0.141. The lowest BCUT2D eigenvalue weighted by Crippen LogP contribution is -2.23. The Morgan fingerprint density at radius 2 is 1.74 bits per heavy atom. The lowest BCUT2D eigenvalue weighted by Gasteiger charge is -2.13. The van der Waals surface area contributed by atoms with Crippen LogP contribution in [-0.4, -0.2) is 31.6 Å². The van der Waals surface area contributed by atoms with Gasteiger partial charge in [0.25, 0.3) is 11.8 Å². The summed E-state index contributed by atoms with van der Waals surface area (Å²) in [6.07, 6.45) is -3.24. The van der Waals surface area contributed by atoms with Crippen molar-refractivity contribution in [3.8, 4) is 0 Å². The van der Waals surface area contributed by atoms with E-state index in [4.69, 9.17) is 0 Å². The van der Waals surface area contributed by atoms with Gasteiger partial charge in [-0.1, -0.05) is 46.3 Å². The average molecular weight is 637 g/mol. The summed E-state index contributed by atoms with van der Waals surface area (Å²) >= 11 is 3.31. The molecule has 0 atom stereocenters. The number of nitrogens with one attached hydrogen (secondary N) is 2. The van der Waals surface area contributed by atoms with Crippen molar-refractivity contribution in [3.05, 3.63) is 117 Å². The van der Waals surface area contributed by atoms with Crippen molar-refractivity contribution in [2.45, 2.75) is 33.1 Å². The second-order valence-corrected chi connectivity index (χ2v) is 10.5. The zero-order chi connectivity index (χ0) is 30.0. The summed E-state index contributed by atoms with van der Waals surface area (Å²) in [6, 6.07) is 18.2. The third-order valence-electron chi connectivity index (χ3n) is 6.62. The van der Waals surface area contributed by atoms with Gasteiger partial charge >= 0.3 is 6.18 Å². The molecule has 214 valence electrons. The van der Waals surface area contributed by atoms with Crippen molar-refractivity contribution in [2.75, 3.05) is 5.32 Å². The zero-order valence-electron chi connectivity index (χ0n) is 22.5. The van der Waals surface area contributed by atoms with Crippen LogP contribution in [0, 0.1) is 13.8 Å². The molecule has 0 saturated carbocycles. The van der Waals surface area contributed by atoms with E-state index in [2.05, 4.69) is 41.6 Å². The molecule has 8 nitrogen and oxygen atoms in total. The van der Waals surface area contributed by atoms with Gasteiger partial charge in [0.2, 0.25) is 0 Å². The number of alkyl halides is 3. The molecule has 2 N–H and O–H groups in total. The Balaban J connectivity index is 1.33. The molecule has 12 heteroatoms. The minimum atomic E-state index is -4.72. The van der Waals surface area contributed by atoms with E-state index < -0.39 is 17.8 Å². The van der Waals surface area contributed by atoms with E-state index in [0.717, 1.165) is 11.6 Å². The van der Waals surface area contributed by atoms with E-state index >= 15 is 0 Å². The number of anilines is 1. The van der Waals surface area contributed by atoms with Gasteiger partial charge in [-0.2, -0.15) is 18.3 Å². The van der Waals surface area contributed by atoms with Crippen LogP contribution in [0.2, 0.25) is 0 Å². The molecule has 42 heavy (non-hydrogen) atoms. The number of carbonyl (C=O) groups is 2. The number of fused-ring (bicyclic) bond motifs is 1. The smallest absolute Gasteiger partial charge is 0.348 e. The van der Waals surface area contributed by atoms with Crippen molar-refractivity contribution in [3.63, 3.8) is 0 Å². The van der Waals surface area contributed by atoms with Gasteiger partial charge in [-0.05, 0) is 55.8 Å². The van der Waals surface area contributed by atoms with Gasteiger partial charge in [-0.3, -0.25) is 19.3 Å². The summed E-state index contributed by atoms with van der Waals surface area (Å²) < 4.78 is 42.8. The summed E-state index contributed by atoms with van der Waals surface area (Å²) in [5.41, 5.74) is 2.18. The minimum Gasteiger partial charge on any atom is -0.348 e. The van der Waals surface area contributed by atoms with Gasteiger partial charge in [0.15, 0.2) is 0 Å². The van der Waals surface area contributed by atoms with Crippen LogP contribution in [0.3, 0.4) is 0 Å². The molecular formula is C30H24BrF3N6O2. The van der Waals surface area contributed by atoms with Gasteiger partial charge in [0.05, 0.1) is 46.0 Å². The molecule has 2 amide bonds. The van der Waals surface area contributed by atoms with Gasteiger partial charge in [0.1, 0.15) is 5.69 Å². The van der Waals surface area contributed by atoms with Crippen molar-refractivity contribution in [1.82, 2.24) is 25.1 Å². The van der Waals surface area contributed by atoms with E-state index in [1.165, 1.54) is 12.3 Å². The standard InChI is InChI=1S/C30H24BrF3N6O2/c1-17-27(38-29(42)24-13-26(30(32,33)34)37-25-11-9-21(31)12-23(24)25)18(2)40(39-17)16-22-10-8-20(15-35-22)28(41)36-14-19-6-4-3-5-7-19/h3-13,15H,14,16H2,1-2H3,(H,36,41)(H,38,42). The molecule has 0 fully saturated rings. The quantitative estimate of drug-likeness (QED) is 0.214. The number of amides is 2. The van der Waals surface area contributed by atoms with Crippen LogP contribution in [0.4, 0.5) is 18.9 Å². The Kier molecular flexibility index (Phi) is 8.08. The number of hydrogen-bond donors (Lipinski definition) is 2. The van der Waals surface area contributed by atoms with Crippen LogP contribution in [0.15, 0.2) is 77.4 Å². The Morgan fingerprint density at radius 1 is 0.976 bits per heavy atom. The molecular weight excluding hydrogens is 613 g/mol. The first-order valence-electron chi connectivity index (χ1n) is 12.8. The Morgan fingerprint density at radius 3 is 2.43 bits per heavy atom. The first kappa shape index (κ1) is 28.9.